The molecule has 3 aromatic rings. The van der Waals surface area contributed by atoms with E-state index in [1.165, 1.54) is 5.56 Å². The molecule has 0 unspecified atom stereocenters. The standard InChI is InChI=1S/C15H14N2O/c1-10-7-8-13-14(9-10)18-15(17-13)16-12-6-4-3-5-11(12)2/h3-9H,1-2H3,(H,16,17). The van der Waals surface area contributed by atoms with E-state index in [0.717, 1.165) is 22.4 Å². The zero-order chi connectivity index (χ0) is 12.5. The molecule has 18 heavy (non-hydrogen) atoms. The van der Waals surface area contributed by atoms with Crippen LogP contribution in [0.5, 0.6) is 0 Å². The van der Waals surface area contributed by atoms with Crippen LogP contribution in [0.2, 0.25) is 0 Å². The molecular formula is C15H14N2O. The molecule has 3 heteroatoms. The highest BCUT2D eigenvalue weighted by atomic mass is 16.4. The average molecular weight is 238 g/mol. The average Bonchev–Trinajstić information content (AvgIpc) is 2.73. The quantitative estimate of drug-likeness (QED) is 0.727. The zero-order valence-electron chi connectivity index (χ0n) is 10.4. The Labute approximate surface area is 105 Å². The summed E-state index contributed by atoms with van der Waals surface area (Å²) in [5.74, 6) is 0. The third-order valence-electron chi connectivity index (χ3n) is 2.93. The van der Waals surface area contributed by atoms with Crippen LogP contribution in [0, 0.1) is 13.8 Å². The predicted octanol–water partition coefficient (Wildman–Crippen LogP) is 4.19. The first-order chi connectivity index (χ1) is 8.72. The van der Waals surface area contributed by atoms with Gasteiger partial charge in [-0.15, -0.1) is 0 Å². The van der Waals surface area contributed by atoms with E-state index in [0.29, 0.717) is 6.01 Å². The van der Waals surface area contributed by atoms with Gasteiger partial charge in [-0.3, -0.25) is 0 Å². The monoisotopic (exact) mass is 238 g/mol. The normalized spacial score (nSPS) is 10.8. The maximum atomic E-state index is 5.69. The Bertz CT molecular complexity index is 701. The number of nitrogens with one attached hydrogen (secondary N) is 1. The maximum absolute atomic E-state index is 5.69. The van der Waals surface area contributed by atoms with Gasteiger partial charge < -0.3 is 9.73 Å². The van der Waals surface area contributed by atoms with Crippen molar-refractivity contribution < 1.29 is 4.42 Å². The lowest BCUT2D eigenvalue weighted by molar-refractivity contribution is 0.622. The first kappa shape index (κ1) is 10.8. The summed E-state index contributed by atoms with van der Waals surface area (Å²) in [6.07, 6.45) is 0. The summed E-state index contributed by atoms with van der Waals surface area (Å²) in [5, 5.41) is 3.20. The van der Waals surface area contributed by atoms with Crippen LogP contribution in [0.1, 0.15) is 11.1 Å². The number of fused-ring (bicyclic) bond motifs is 1. The lowest BCUT2D eigenvalue weighted by Crippen LogP contribution is -1.92. The largest absolute Gasteiger partial charge is 0.423 e. The molecular weight excluding hydrogens is 224 g/mol. The lowest BCUT2D eigenvalue weighted by atomic mass is 10.2. The Morgan fingerprint density at radius 3 is 2.72 bits per heavy atom. The molecule has 1 heterocycles. The highest BCUT2D eigenvalue weighted by molar-refractivity contribution is 5.76. The Hall–Kier alpha value is -2.29. The molecule has 0 saturated carbocycles. The molecule has 0 spiro atoms. The number of hydrogen-bond donors (Lipinski definition) is 1. The summed E-state index contributed by atoms with van der Waals surface area (Å²) in [5.41, 5.74) is 5.03. The van der Waals surface area contributed by atoms with Crippen LogP contribution in [0.15, 0.2) is 46.9 Å². The highest BCUT2D eigenvalue weighted by Crippen LogP contribution is 2.24. The van der Waals surface area contributed by atoms with Crippen molar-refractivity contribution in [2.45, 2.75) is 13.8 Å². The van der Waals surface area contributed by atoms with Crippen molar-refractivity contribution in [3.8, 4) is 0 Å². The lowest BCUT2D eigenvalue weighted by Gasteiger charge is -2.04. The molecule has 3 nitrogen and oxygen atoms in total. The van der Waals surface area contributed by atoms with Crippen molar-refractivity contribution in [2.24, 2.45) is 0 Å². The predicted molar refractivity (Wildman–Crippen MR) is 73.2 cm³/mol. The fraction of sp³-hybridized carbons (Fsp3) is 0.133. The number of benzene rings is 2. The van der Waals surface area contributed by atoms with E-state index in [1.54, 1.807) is 0 Å². The number of aryl methyl sites for hydroxylation is 2. The molecule has 90 valence electrons. The van der Waals surface area contributed by atoms with Gasteiger partial charge >= 0.3 is 0 Å². The van der Waals surface area contributed by atoms with Crippen molar-refractivity contribution in [3.05, 3.63) is 53.6 Å². The summed E-state index contributed by atoms with van der Waals surface area (Å²) < 4.78 is 5.69. The number of para-hydroxylation sites is 1. The second-order valence-electron chi connectivity index (χ2n) is 4.43. The van der Waals surface area contributed by atoms with E-state index in [1.807, 2.05) is 43.3 Å². The van der Waals surface area contributed by atoms with E-state index < -0.39 is 0 Å². The van der Waals surface area contributed by atoms with Crippen molar-refractivity contribution in [1.29, 1.82) is 0 Å². The van der Waals surface area contributed by atoms with Gasteiger partial charge in [0.1, 0.15) is 5.52 Å². The topological polar surface area (TPSA) is 38.1 Å². The van der Waals surface area contributed by atoms with E-state index in [4.69, 9.17) is 4.42 Å². The van der Waals surface area contributed by atoms with Crippen LogP contribution in [0.4, 0.5) is 11.7 Å². The maximum Gasteiger partial charge on any atom is 0.300 e. The van der Waals surface area contributed by atoms with Crippen LogP contribution in [-0.4, -0.2) is 4.98 Å². The fourth-order valence-electron chi connectivity index (χ4n) is 1.91. The first-order valence-corrected chi connectivity index (χ1v) is 5.92. The van der Waals surface area contributed by atoms with E-state index in [2.05, 4.69) is 23.3 Å². The van der Waals surface area contributed by atoms with Crippen molar-refractivity contribution in [1.82, 2.24) is 4.98 Å². The van der Waals surface area contributed by atoms with E-state index in [9.17, 15) is 0 Å². The van der Waals surface area contributed by atoms with Gasteiger partial charge in [0, 0.05) is 5.69 Å². The van der Waals surface area contributed by atoms with Gasteiger partial charge in [-0.05, 0) is 43.2 Å². The summed E-state index contributed by atoms with van der Waals surface area (Å²) in [7, 11) is 0. The van der Waals surface area contributed by atoms with Gasteiger partial charge in [-0.25, -0.2) is 0 Å². The molecule has 0 amide bonds. The zero-order valence-corrected chi connectivity index (χ0v) is 10.4. The van der Waals surface area contributed by atoms with Gasteiger partial charge in [0.15, 0.2) is 5.58 Å². The van der Waals surface area contributed by atoms with Gasteiger partial charge in [0.05, 0.1) is 0 Å². The molecule has 2 aromatic carbocycles. The van der Waals surface area contributed by atoms with Crippen LogP contribution in [0.3, 0.4) is 0 Å². The fourth-order valence-corrected chi connectivity index (χ4v) is 1.91. The Morgan fingerprint density at radius 1 is 1.06 bits per heavy atom. The first-order valence-electron chi connectivity index (χ1n) is 5.92. The Balaban J connectivity index is 1.98. The molecule has 0 aliphatic carbocycles. The Morgan fingerprint density at radius 2 is 1.89 bits per heavy atom. The van der Waals surface area contributed by atoms with Crippen LogP contribution in [-0.2, 0) is 0 Å². The van der Waals surface area contributed by atoms with Crippen LogP contribution < -0.4 is 5.32 Å². The molecule has 0 atom stereocenters. The molecule has 3 rings (SSSR count). The smallest absolute Gasteiger partial charge is 0.300 e. The second kappa shape index (κ2) is 4.18. The molecule has 0 aliphatic rings. The number of aromatic nitrogens is 1. The number of anilines is 2. The minimum atomic E-state index is 0.532. The van der Waals surface area contributed by atoms with Gasteiger partial charge in [0.2, 0.25) is 0 Å². The number of rotatable bonds is 2. The van der Waals surface area contributed by atoms with E-state index >= 15 is 0 Å². The van der Waals surface area contributed by atoms with Crippen molar-refractivity contribution in [3.63, 3.8) is 0 Å². The Kier molecular flexibility index (Phi) is 2.52. The third kappa shape index (κ3) is 1.95. The number of nitrogens with zero attached hydrogens (tertiary/aromatic N) is 1. The van der Waals surface area contributed by atoms with Crippen molar-refractivity contribution >= 4 is 22.8 Å². The molecule has 0 fully saturated rings. The molecule has 1 aromatic heterocycles. The molecule has 1 N–H and O–H groups in total. The van der Waals surface area contributed by atoms with Gasteiger partial charge in [0.25, 0.3) is 6.01 Å². The summed E-state index contributed by atoms with van der Waals surface area (Å²) in [6, 6.07) is 14.6. The molecule has 0 radical (unpaired) electrons. The summed E-state index contributed by atoms with van der Waals surface area (Å²) in [6.45, 7) is 4.09. The SMILES string of the molecule is Cc1ccc2nc(Nc3ccccc3C)oc2c1. The third-order valence-corrected chi connectivity index (χ3v) is 2.93. The number of oxazole rings is 1. The van der Waals surface area contributed by atoms with Crippen LogP contribution in [0.25, 0.3) is 11.1 Å². The van der Waals surface area contributed by atoms with Crippen molar-refractivity contribution in [2.75, 3.05) is 5.32 Å². The molecule has 0 saturated heterocycles. The minimum absolute atomic E-state index is 0.532. The minimum Gasteiger partial charge on any atom is -0.423 e. The summed E-state index contributed by atoms with van der Waals surface area (Å²) in [4.78, 5) is 4.41. The second-order valence-corrected chi connectivity index (χ2v) is 4.43. The van der Waals surface area contributed by atoms with Crippen LogP contribution >= 0.6 is 0 Å². The molecule has 0 bridgehead atoms. The molecule has 0 aliphatic heterocycles. The van der Waals surface area contributed by atoms with E-state index in [-0.39, 0.29) is 0 Å². The highest BCUT2D eigenvalue weighted by Gasteiger charge is 2.06. The number of hydrogen-bond acceptors (Lipinski definition) is 3. The van der Waals surface area contributed by atoms with Gasteiger partial charge in [-0.2, -0.15) is 4.98 Å². The van der Waals surface area contributed by atoms with Gasteiger partial charge in [-0.1, -0.05) is 24.3 Å². The summed E-state index contributed by atoms with van der Waals surface area (Å²) >= 11 is 0.